The molecule has 0 saturated heterocycles. The summed E-state index contributed by atoms with van der Waals surface area (Å²) in [4.78, 5) is 16.1. The molecule has 0 bridgehead atoms. The Labute approximate surface area is 108 Å². The summed E-state index contributed by atoms with van der Waals surface area (Å²) in [7, 11) is 0. The molecular formula is C16H17NO. The normalized spacial score (nSPS) is 10.6. The lowest BCUT2D eigenvalue weighted by atomic mass is 9.99. The van der Waals surface area contributed by atoms with Crippen LogP contribution in [0.2, 0.25) is 0 Å². The molecular weight excluding hydrogens is 222 g/mol. The van der Waals surface area contributed by atoms with Gasteiger partial charge in [-0.3, -0.25) is 9.78 Å². The van der Waals surface area contributed by atoms with Gasteiger partial charge in [0.05, 0.1) is 0 Å². The molecule has 2 rings (SSSR count). The predicted octanol–water partition coefficient (Wildman–Crippen LogP) is 3.51. The number of nitrogens with zero attached hydrogens (tertiary/aromatic N) is 1. The number of carbonyl (C=O) groups excluding carboxylic acids is 1. The standard InChI is InChI=1S/C16H17NO/c1-12(2)10-13-5-7-14(8-6-13)16(18)15-4-3-9-17-11-15/h3-9,11-12H,10H2,1-2H3. The average molecular weight is 239 g/mol. The Kier molecular flexibility index (Phi) is 3.88. The molecule has 1 heterocycles. The van der Waals surface area contributed by atoms with Crippen LogP contribution in [0.5, 0.6) is 0 Å². The van der Waals surface area contributed by atoms with Crippen molar-refractivity contribution in [1.29, 1.82) is 0 Å². The Morgan fingerprint density at radius 2 is 1.83 bits per heavy atom. The highest BCUT2D eigenvalue weighted by atomic mass is 16.1. The minimum atomic E-state index is 0.0270. The number of rotatable bonds is 4. The molecule has 92 valence electrons. The summed E-state index contributed by atoms with van der Waals surface area (Å²) in [5, 5.41) is 0. The van der Waals surface area contributed by atoms with Gasteiger partial charge in [-0.15, -0.1) is 0 Å². The highest BCUT2D eigenvalue weighted by Gasteiger charge is 2.08. The Morgan fingerprint density at radius 1 is 1.11 bits per heavy atom. The second kappa shape index (κ2) is 5.58. The Hall–Kier alpha value is -1.96. The molecule has 0 amide bonds. The molecule has 0 aliphatic heterocycles. The van der Waals surface area contributed by atoms with E-state index in [0.29, 0.717) is 11.5 Å². The van der Waals surface area contributed by atoms with Crippen molar-refractivity contribution in [2.24, 2.45) is 5.92 Å². The van der Waals surface area contributed by atoms with Crippen LogP contribution in [-0.2, 0) is 6.42 Å². The van der Waals surface area contributed by atoms with E-state index in [0.717, 1.165) is 12.0 Å². The lowest BCUT2D eigenvalue weighted by molar-refractivity contribution is 0.103. The Morgan fingerprint density at radius 3 is 2.39 bits per heavy atom. The summed E-state index contributed by atoms with van der Waals surface area (Å²) in [5.41, 5.74) is 2.62. The first-order chi connectivity index (χ1) is 8.66. The van der Waals surface area contributed by atoms with Gasteiger partial charge < -0.3 is 0 Å². The van der Waals surface area contributed by atoms with Crippen molar-refractivity contribution in [3.05, 3.63) is 65.5 Å². The second-order valence-corrected chi connectivity index (χ2v) is 4.87. The van der Waals surface area contributed by atoms with E-state index in [2.05, 4.69) is 18.8 Å². The van der Waals surface area contributed by atoms with Gasteiger partial charge in [0.1, 0.15) is 0 Å². The minimum absolute atomic E-state index is 0.0270. The van der Waals surface area contributed by atoms with Crippen molar-refractivity contribution in [3.8, 4) is 0 Å². The second-order valence-electron chi connectivity index (χ2n) is 4.87. The zero-order valence-corrected chi connectivity index (χ0v) is 10.8. The van der Waals surface area contributed by atoms with Gasteiger partial charge in [0.2, 0.25) is 0 Å². The summed E-state index contributed by atoms with van der Waals surface area (Å²) in [6.45, 7) is 4.38. The van der Waals surface area contributed by atoms with E-state index in [9.17, 15) is 4.79 Å². The fourth-order valence-corrected chi connectivity index (χ4v) is 1.93. The maximum absolute atomic E-state index is 12.1. The number of hydrogen-bond donors (Lipinski definition) is 0. The molecule has 0 saturated carbocycles. The number of hydrogen-bond acceptors (Lipinski definition) is 2. The van der Waals surface area contributed by atoms with Crippen molar-refractivity contribution in [2.45, 2.75) is 20.3 Å². The summed E-state index contributed by atoms with van der Waals surface area (Å²) >= 11 is 0. The van der Waals surface area contributed by atoms with Gasteiger partial charge in [-0.25, -0.2) is 0 Å². The lowest BCUT2D eigenvalue weighted by Crippen LogP contribution is -2.02. The molecule has 0 atom stereocenters. The number of carbonyl (C=O) groups is 1. The first-order valence-electron chi connectivity index (χ1n) is 6.20. The van der Waals surface area contributed by atoms with Crippen molar-refractivity contribution in [1.82, 2.24) is 4.98 Å². The summed E-state index contributed by atoms with van der Waals surface area (Å²) < 4.78 is 0. The molecule has 0 aliphatic carbocycles. The summed E-state index contributed by atoms with van der Waals surface area (Å²) in [5.74, 6) is 0.657. The lowest BCUT2D eigenvalue weighted by Gasteiger charge is -2.06. The van der Waals surface area contributed by atoms with Gasteiger partial charge >= 0.3 is 0 Å². The van der Waals surface area contributed by atoms with Gasteiger partial charge in [0.15, 0.2) is 5.78 Å². The molecule has 2 nitrogen and oxygen atoms in total. The first kappa shape index (κ1) is 12.5. The molecule has 1 aromatic carbocycles. The zero-order chi connectivity index (χ0) is 13.0. The van der Waals surface area contributed by atoms with E-state index >= 15 is 0 Å². The predicted molar refractivity (Wildman–Crippen MR) is 72.7 cm³/mol. The molecule has 2 aromatic rings. The molecule has 0 aliphatic rings. The van der Waals surface area contributed by atoms with Crippen LogP contribution in [0.1, 0.15) is 35.3 Å². The van der Waals surface area contributed by atoms with Crippen LogP contribution in [-0.4, -0.2) is 10.8 Å². The van der Waals surface area contributed by atoms with Crippen molar-refractivity contribution in [3.63, 3.8) is 0 Å². The number of aromatic nitrogens is 1. The minimum Gasteiger partial charge on any atom is -0.289 e. The molecule has 2 heteroatoms. The number of benzene rings is 1. The highest BCUT2D eigenvalue weighted by molar-refractivity contribution is 6.08. The van der Waals surface area contributed by atoms with E-state index in [1.807, 2.05) is 24.3 Å². The zero-order valence-electron chi connectivity index (χ0n) is 10.8. The maximum Gasteiger partial charge on any atom is 0.194 e. The third-order valence-electron chi connectivity index (χ3n) is 2.78. The van der Waals surface area contributed by atoms with Crippen molar-refractivity contribution in [2.75, 3.05) is 0 Å². The molecule has 18 heavy (non-hydrogen) atoms. The largest absolute Gasteiger partial charge is 0.289 e. The monoisotopic (exact) mass is 239 g/mol. The maximum atomic E-state index is 12.1. The molecule has 0 fully saturated rings. The Balaban J connectivity index is 2.17. The smallest absolute Gasteiger partial charge is 0.194 e. The van der Waals surface area contributed by atoms with Crippen LogP contribution in [0, 0.1) is 5.92 Å². The van der Waals surface area contributed by atoms with Crippen LogP contribution in [0.15, 0.2) is 48.8 Å². The average Bonchev–Trinajstić information content (AvgIpc) is 2.39. The Bertz CT molecular complexity index is 515. The van der Waals surface area contributed by atoms with E-state index in [-0.39, 0.29) is 5.78 Å². The third-order valence-corrected chi connectivity index (χ3v) is 2.78. The molecule has 0 radical (unpaired) electrons. The number of pyridine rings is 1. The fraction of sp³-hybridized carbons (Fsp3) is 0.250. The molecule has 0 unspecified atom stereocenters. The van der Waals surface area contributed by atoms with Crippen LogP contribution in [0.25, 0.3) is 0 Å². The van der Waals surface area contributed by atoms with Crippen molar-refractivity contribution < 1.29 is 4.79 Å². The molecule has 1 aromatic heterocycles. The van der Waals surface area contributed by atoms with Gasteiger partial charge in [-0.1, -0.05) is 38.1 Å². The van der Waals surface area contributed by atoms with E-state index in [4.69, 9.17) is 0 Å². The molecule has 0 spiro atoms. The topological polar surface area (TPSA) is 30.0 Å². The molecule has 0 N–H and O–H groups in total. The van der Waals surface area contributed by atoms with Gasteiger partial charge in [-0.2, -0.15) is 0 Å². The summed E-state index contributed by atoms with van der Waals surface area (Å²) in [6, 6.07) is 11.4. The quantitative estimate of drug-likeness (QED) is 0.764. The fourth-order valence-electron chi connectivity index (χ4n) is 1.93. The first-order valence-corrected chi connectivity index (χ1v) is 6.20. The van der Waals surface area contributed by atoms with E-state index in [1.165, 1.54) is 5.56 Å². The van der Waals surface area contributed by atoms with Crippen molar-refractivity contribution >= 4 is 5.78 Å². The van der Waals surface area contributed by atoms with Gasteiger partial charge in [-0.05, 0) is 30.0 Å². The van der Waals surface area contributed by atoms with Crippen LogP contribution in [0.4, 0.5) is 0 Å². The van der Waals surface area contributed by atoms with Crippen LogP contribution < -0.4 is 0 Å². The number of ketones is 1. The van der Waals surface area contributed by atoms with Crippen LogP contribution >= 0.6 is 0 Å². The van der Waals surface area contributed by atoms with E-state index < -0.39 is 0 Å². The van der Waals surface area contributed by atoms with Crippen LogP contribution in [0.3, 0.4) is 0 Å². The van der Waals surface area contributed by atoms with Gasteiger partial charge in [0.25, 0.3) is 0 Å². The highest BCUT2D eigenvalue weighted by Crippen LogP contribution is 2.13. The SMILES string of the molecule is CC(C)Cc1ccc(C(=O)c2cccnc2)cc1. The van der Waals surface area contributed by atoms with E-state index in [1.54, 1.807) is 24.5 Å². The third kappa shape index (κ3) is 3.04. The van der Waals surface area contributed by atoms with Gasteiger partial charge in [0, 0.05) is 23.5 Å². The summed E-state index contributed by atoms with van der Waals surface area (Å²) in [6.07, 6.45) is 4.31.